The Hall–Kier alpha value is -2.63. The van der Waals surface area contributed by atoms with E-state index in [1.807, 2.05) is 11.9 Å². The monoisotopic (exact) mass is 404 g/mol. The van der Waals surface area contributed by atoms with Crippen LogP contribution in [-0.4, -0.2) is 63.9 Å². The maximum Gasteiger partial charge on any atom is 0.458 e. The lowest BCUT2D eigenvalue weighted by Crippen LogP contribution is -2.45. The summed E-state index contributed by atoms with van der Waals surface area (Å²) in [6.07, 6.45) is -4.72. The molecule has 150 valence electrons. The molecule has 3 heterocycles. The molecule has 1 aliphatic rings. The highest BCUT2D eigenvalue weighted by Crippen LogP contribution is 2.45. The molecule has 0 spiro atoms. The lowest BCUT2D eigenvalue weighted by Gasteiger charge is -2.33. The van der Waals surface area contributed by atoms with Crippen molar-refractivity contribution in [2.75, 3.05) is 38.1 Å². The summed E-state index contributed by atoms with van der Waals surface area (Å²) >= 11 is 0. The SMILES string of the molecule is CN1CCN(c2nc3c(F)cc(C(F)(F)C(F)(F)F)cc3n3cnnc23)CC1. The zero-order valence-electron chi connectivity index (χ0n) is 14.5. The molecule has 0 radical (unpaired) electrons. The second-order valence-corrected chi connectivity index (χ2v) is 6.65. The second-order valence-electron chi connectivity index (χ2n) is 6.65. The lowest BCUT2D eigenvalue weighted by molar-refractivity contribution is -0.289. The van der Waals surface area contributed by atoms with Crippen LogP contribution in [0.1, 0.15) is 5.56 Å². The summed E-state index contributed by atoms with van der Waals surface area (Å²) in [5.74, 6) is -6.19. The topological polar surface area (TPSA) is 49.6 Å². The van der Waals surface area contributed by atoms with Crippen molar-refractivity contribution in [3.05, 3.63) is 29.8 Å². The van der Waals surface area contributed by atoms with Gasteiger partial charge in [0.15, 0.2) is 11.6 Å². The standard InChI is InChI=1S/C16H14F6N6/c1-26-2-4-27(5-3-26)13-14-25-23-8-28(14)11-7-9(6-10(17)12(11)24-13)15(18,19)16(20,21)22/h6-8H,2-5H2,1H3. The molecule has 0 bridgehead atoms. The number of nitrogens with zero attached hydrogens (tertiary/aromatic N) is 6. The number of piperazine rings is 1. The van der Waals surface area contributed by atoms with Gasteiger partial charge in [0, 0.05) is 31.7 Å². The normalized spacial score (nSPS) is 17.0. The van der Waals surface area contributed by atoms with Gasteiger partial charge >= 0.3 is 12.1 Å². The molecule has 1 aliphatic heterocycles. The van der Waals surface area contributed by atoms with Crippen LogP contribution in [0.3, 0.4) is 0 Å². The molecule has 0 N–H and O–H groups in total. The highest BCUT2D eigenvalue weighted by Gasteiger charge is 2.59. The molecule has 0 saturated carbocycles. The Kier molecular flexibility index (Phi) is 4.14. The maximum atomic E-state index is 14.6. The van der Waals surface area contributed by atoms with Crippen molar-refractivity contribution in [1.82, 2.24) is 24.5 Å². The van der Waals surface area contributed by atoms with Crippen LogP contribution in [0.4, 0.5) is 32.2 Å². The zero-order chi connectivity index (χ0) is 20.3. The molecule has 0 unspecified atom stereocenters. The van der Waals surface area contributed by atoms with E-state index in [0.717, 1.165) is 19.4 Å². The third-order valence-electron chi connectivity index (χ3n) is 4.79. The van der Waals surface area contributed by atoms with Crippen LogP contribution in [0.5, 0.6) is 0 Å². The third kappa shape index (κ3) is 2.82. The van der Waals surface area contributed by atoms with Gasteiger partial charge in [-0.15, -0.1) is 10.2 Å². The molecule has 12 heteroatoms. The van der Waals surface area contributed by atoms with E-state index in [9.17, 15) is 26.3 Å². The van der Waals surface area contributed by atoms with E-state index in [4.69, 9.17) is 0 Å². The zero-order valence-corrected chi connectivity index (χ0v) is 14.5. The highest BCUT2D eigenvalue weighted by molar-refractivity contribution is 5.84. The quantitative estimate of drug-likeness (QED) is 0.615. The minimum Gasteiger partial charge on any atom is -0.351 e. The average molecular weight is 404 g/mol. The highest BCUT2D eigenvalue weighted by atomic mass is 19.4. The first-order chi connectivity index (χ1) is 13.1. The summed E-state index contributed by atoms with van der Waals surface area (Å²) in [7, 11) is 1.94. The predicted octanol–water partition coefficient (Wildman–Crippen LogP) is 2.82. The van der Waals surface area contributed by atoms with Gasteiger partial charge in [-0.25, -0.2) is 9.37 Å². The molecule has 2 aromatic heterocycles. The van der Waals surface area contributed by atoms with Gasteiger partial charge in [-0.3, -0.25) is 4.40 Å². The van der Waals surface area contributed by atoms with Crippen molar-refractivity contribution in [2.24, 2.45) is 0 Å². The van der Waals surface area contributed by atoms with Gasteiger partial charge in [0.1, 0.15) is 11.8 Å². The van der Waals surface area contributed by atoms with E-state index in [1.165, 1.54) is 4.40 Å². The Bertz CT molecular complexity index is 1040. The van der Waals surface area contributed by atoms with Crippen LogP contribution in [0.2, 0.25) is 0 Å². The van der Waals surface area contributed by atoms with E-state index < -0.39 is 23.5 Å². The average Bonchev–Trinajstić information content (AvgIpc) is 3.11. The van der Waals surface area contributed by atoms with E-state index in [1.54, 1.807) is 0 Å². The van der Waals surface area contributed by atoms with Gasteiger partial charge in [-0.05, 0) is 19.2 Å². The summed E-state index contributed by atoms with van der Waals surface area (Å²) < 4.78 is 81.4. The number of hydrogen-bond donors (Lipinski definition) is 0. The molecule has 0 atom stereocenters. The fourth-order valence-electron chi connectivity index (χ4n) is 3.17. The Morgan fingerprint density at radius 1 is 1.00 bits per heavy atom. The number of fused-ring (bicyclic) bond motifs is 3. The Morgan fingerprint density at radius 2 is 1.68 bits per heavy atom. The van der Waals surface area contributed by atoms with E-state index in [2.05, 4.69) is 20.1 Å². The minimum absolute atomic E-state index is 0.156. The Balaban J connectivity index is 1.92. The molecule has 4 rings (SSSR count). The number of anilines is 1. The van der Waals surface area contributed by atoms with Crippen molar-refractivity contribution in [1.29, 1.82) is 0 Å². The fourth-order valence-corrected chi connectivity index (χ4v) is 3.17. The minimum atomic E-state index is -5.85. The van der Waals surface area contributed by atoms with E-state index >= 15 is 0 Å². The number of rotatable bonds is 2. The van der Waals surface area contributed by atoms with Crippen LogP contribution in [0.15, 0.2) is 18.5 Å². The maximum absolute atomic E-state index is 14.6. The van der Waals surface area contributed by atoms with Crippen LogP contribution in [0.25, 0.3) is 16.7 Å². The van der Waals surface area contributed by atoms with Crippen molar-refractivity contribution < 1.29 is 26.3 Å². The van der Waals surface area contributed by atoms with E-state index in [0.29, 0.717) is 25.0 Å². The molecule has 3 aromatic rings. The van der Waals surface area contributed by atoms with Gasteiger partial charge in [0.25, 0.3) is 0 Å². The Morgan fingerprint density at radius 3 is 2.32 bits per heavy atom. The van der Waals surface area contributed by atoms with Crippen molar-refractivity contribution >= 4 is 22.5 Å². The number of halogens is 6. The first-order valence-corrected chi connectivity index (χ1v) is 8.31. The van der Waals surface area contributed by atoms with Gasteiger partial charge in [0.2, 0.25) is 5.65 Å². The molecule has 6 nitrogen and oxygen atoms in total. The molecule has 1 fully saturated rings. The van der Waals surface area contributed by atoms with Crippen molar-refractivity contribution in [2.45, 2.75) is 12.1 Å². The Labute approximate surface area is 154 Å². The molecule has 0 amide bonds. The van der Waals surface area contributed by atoms with Crippen LogP contribution >= 0.6 is 0 Å². The smallest absolute Gasteiger partial charge is 0.351 e. The van der Waals surface area contributed by atoms with Crippen LogP contribution in [-0.2, 0) is 5.92 Å². The van der Waals surface area contributed by atoms with Crippen LogP contribution in [0, 0.1) is 5.82 Å². The fraction of sp³-hybridized carbons (Fsp3) is 0.438. The summed E-state index contributed by atoms with van der Waals surface area (Å²) in [5, 5.41) is 7.59. The van der Waals surface area contributed by atoms with Gasteiger partial charge in [-0.1, -0.05) is 0 Å². The lowest BCUT2D eigenvalue weighted by atomic mass is 10.1. The molecule has 28 heavy (non-hydrogen) atoms. The summed E-state index contributed by atoms with van der Waals surface area (Å²) in [5.41, 5.74) is -1.95. The summed E-state index contributed by atoms with van der Waals surface area (Å²) in [6.45, 7) is 2.59. The summed E-state index contributed by atoms with van der Waals surface area (Å²) in [6, 6.07) is 0.746. The number of hydrogen-bond acceptors (Lipinski definition) is 5. The third-order valence-corrected chi connectivity index (χ3v) is 4.79. The van der Waals surface area contributed by atoms with Crippen LogP contribution < -0.4 is 4.90 Å². The summed E-state index contributed by atoms with van der Waals surface area (Å²) in [4.78, 5) is 8.13. The molecule has 1 aromatic carbocycles. The number of aromatic nitrogens is 4. The largest absolute Gasteiger partial charge is 0.458 e. The van der Waals surface area contributed by atoms with Crippen molar-refractivity contribution in [3.8, 4) is 0 Å². The number of likely N-dealkylation sites (N-methyl/N-ethyl adjacent to an activating group) is 1. The number of benzene rings is 1. The van der Waals surface area contributed by atoms with Gasteiger partial charge < -0.3 is 9.80 Å². The van der Waals surface area contributed by atoms with E-state index in [-0.39, 0.29) is 22.7 Å². The van der Waals surface area contributed by atoms with Gasteiger partial charge in [-0.2, -0.15) is 22.0 Å². The first kappa shape index (κ1) is 18.7. The first-order valence-electron chi connectivity index (χ1n) is 8.31. The second kappa shape index (κ2) is 6.19. The molecule has 1 saturated heterocycles. The molecular formula is C16H14F6N6. The molecule has 0 aliphatic carbocycles. The number of alkyl halides is 5. The van der Waals surface area contributed by atoms with Crippen molar-refractivity contribution in [3.63, 3.8) is 0 Å². The predicted molar refractivity (Wildman–Crippen MR) is 87.9 cm³/mol. The van der Waals surface area contributed by atoms with Gasteiger partial charge in [0.05, 0.1) is 5.52 Å². The molecular weight excluding hydrogens is 390 g/mol.